The Kier molecular flexibility index (Phi) is 4.37. The van der Waals surface area contributed by atoms with Gasteiger partial charge in [0.15, 0.2) is 0 Å². The summed E-state index contributed by atoms with van der Waals surface area (Å²) < 4.78 is 6.72. The molecule has 1 unspecified atom stereocenters. The molecule has 2 N–H and O–H groups in total. The van der Waals surface area contributed by atoms with Gasteiger partial charge in [0.25, 0.3) is 5.89 Å². The van der Waals surface area contributed by atoms with Gasteiger partial charge in [0.05, 0.1) is 21.1 Å². The second kappa shape index (κ2) is 6.25. The third kappa shape index (κ3) is 3.50. The molecule has 3 rings (SSSR count). The number of halogens is 1. The van der Waals surface area contributed by atoms with Gasteiger partial charge in [0.2, 0.25) is 11.8 Å². The number of rotatable bonds is 4. The van der Waals surface area contributed by atoms with Gasteiger partial charge in [-0.3, -0.25) is 9.69 Å². The lowest BCUT2D eigenvalue weighted by Gasteiger charge is -2.29. The van der Waals surface area contributed by atoms with Gasteiger partial charge in [-0.25, -0.2) is 0 Å². The van der Waals surface area contributed by atoms with Gasteiger partial charge in [-0.2, -0.15) is 0 Å². The van der Waals surface area contributed by atoms with Crippen LogP contribution in [-0.4, -0.2) is 34.1 Å². The van der Waals surface area contributed by atoms with E-state index in [2.05, 4.69) is 31.0 Å². The van der Waals surface area contributed by atoms with Crippen molar-refractivity contribution in [1.29, 1.82) is 0 Å². The molecule has 112 valence electrons. The van der Waals surface area contributed by atoms with E-state index in [0.717, 1.165) is 28.0 Å². The highest BCUT2D eigenvalue weighted by atomic mass is 79.9. The zero-order valence-electron chi connectivity index (χ0n) is 11.3. The van der Waals surface area contributed by atoms with Gasteiger partial charge >= 0.3 is 0 Å². The van der Waals surface area contributed by atoms with Crippen LogP contribution in [0.15, 0.2) is 20.3 Å². The topological polar surface area (TPSA) is 85.3 Å². The van der Waals surface area contributed by atoms with Crippen LogP contribution < -0.4 is 5.73 Å². The van der Waals surface area contributed by atoms with Crippen molar-refractivity contribution in [3.63, 3.8) is 0 Å². The van der Waals surface area contributed by atoms with Crippen molar-refractivity contribution in [2.24, 2.45) is 11.7 Å². The molecule has 2 aromatic heterocycles. The highest BCUT2D eigenvalue weighted by molar-refractivity contribution is 9.11. The molecule has 6 nitrogen and oxygen atoms in total. The van der Waals surface area contributed by atoms with Crippen LogP contribution in [0.2, 0.25) is 0 Å². The van der Waals surface area contributed by atoms with Gasteiger partial charge in [0, 0.05) is 6.54 Å². The maximum atomic E-state index is 11.3. The first-order valence-electron chi connectivity index (χ1n) is 6.71. The molecule has 0 aromatic carbocycles. The lowest BCUT2D eigenvalue weighted by molar-refractivity contribution is -0.123. The summed E-state index contributed by atoms with van der Waals surface area (Å²) in [5.74, 6) is 0.799. The van der Waals surface area contributed by atoms with Crippen molar-refractivity contribution in [3.8, 4) is 10.8 Å². The maximum Gasteiger partial charge on any atom is 0.257 e. The third-order valence-electron chi connectivity index (χ3n) is 3.52. The Morgan fingerprint density at radius 1 is 1.52 bits per heavy atom. The normalized spacial score (nSPS) is 19.8. The number of aromatic nitrogens is 2. The number of primary amides is 1. The standard InChI is InChI=1S/C13H15BrN4O2S/c14-10-4-3-9(21-10)13-17-16-11(20-13)7-18-5-1-2-8(6-18)12(15)19/h3-4,8H,1-2,5-7H2,(H2,15,19). The second-order valence-corrected chi connectivity index (χ2v) is 7.54. The van der Waals surface area contributed by atoms with E-state index in [1.165, 1.54) is 0 Å². The number of piperidine rings is 1. The van der Waals surface area contributed by atoms with Gasteiger partial charge in [0.1, 0.15) is 0 Å². The molecule has 1 aliphatic rings. The number of carbonyl (C=O) groups excluding carboxylic acids is 1. The van der Waals surface area contributed by atoms with Gasteiger partial charge in [-0.05, 0) is 47.4 Å². The second-order valence-electron chi connectivity index (χ2n) is 5.08. The molecule has 8 heteroatoms. The van der Waals surface area contributed by atoms with Crippen molar-refractivity contribution in [3.05, 3.63) is 21.8 Å². The highest BCUT2D eigenvalue weighted by Crippen LogP contribution is 2.30. The predicted molar refractivity (Wildman–Crippen MR) is 82.5 cm³/mol. The van der Waals surface area contributed by atoms with Crippen molar-refractivity contribution in [1.82, 2.24) is 15.1 Å². The van der Waals surface area contributed by atoms with Crippen LogP contribution in [0.3, 0.4) is 0 Å². The molecule has 1 aliphatic heterocycles. The highest BCUT2D eigenvalue weighted by Gasteiger charge is 2.25. The predicted octanol–water partition coefficient (Wildman–Crippen LogP) is 2.26. The average Bonchev–Trinajstić information content (AvgIpc) is 3.08. The Morgan fingerprint density at radius 3 is 3.10 bits per heavy atom. The molecule has 0 spiro atoms. The molecular weight excluding hydrogens is 356 g/mol. The van der Waals surface area contributed by atoms with Crippen molar-refractivity contribution < 1.29 is 9.21 Å². The SMILES string of the molecule is NC(=O)C1CCCN(Cc2nnc(-c3ccc(Br)s3)o2)C1. The first kappa shape index (κ1) is 14.7. The van der Waals surface area contributed by atoms with Gasteiger partial charge in [-0.1, -0.05) is 0 Å². The smallest absolute Gasteiger partial charge is 0.257 e. The number of likely N-dealkylation sites (tertiary alicyclic amines) is 1. The van der Waals surface area contributed by atoms with Crippen LogP contribution in [0.25, 0.3) is 10.8 Å². The summed E-state index contributed by atoms with van der Waals surface area (Å²) in [5, 5.41) is 8.16. The molecule has 1 saturated heterocycles. The summed E-state index contributed by atoms with van der Waals surface area (Å²) in [6.45, 7) is 2.15. The minimum atomic E-state index is -0.227. The fourth-order valence-electron chi connectivity index (χ4n) is 2.47. The Morgan fingerprint density at radius 2 is 2.38 bits per heavy atom. The Balaban J connectivity index is 1.65. The summed E-state index contributed by atoms with van der Waals surface area (Å²) in [6.07, 6.45) is 1.83. The summed E-state index contributed by atoms with van der Waals surface area (Å²) in [7, 11) is 0. The minimum absolute atomic E-state index is 0.0746. The first-order chi connectivity index (χ1) is 10.1. The van der Waals surface area contributed by atoms with Crippen LogP contribution in [0.5, 0.6) is 0 Å². The number of nitrogens with two attached hydrogens (primary N) is 1. The molecule has 1 atom stereocenters. The van der Waals surface area contributed by atoms with E-state index in [4.69, 9.17) is 10.2 Å². The summed E-state index contributed by atoms with van der Waals surface area (Å²) in [6, 6.07) is 3.89. The maximum absolute atomic E-state index is 11.3. The fourth-order valence-corrected chi connectivity index (χ4v) is 3.78. The Bertz CT molecular complexity index is 642. The molecule has 21 heavy (non-hydrogen) atoms. The average molecular weight is 371 g/mol. The third-order valence-corrected chi connectivity index (χ3v) is 5.13. The lowest BCUT2D eigenvalue weighted by atomic mass is 9.97. The van der Waals surface area contributed by atoms with E-state index < -0.39 is 0 Å². The molecule has 3 heterocycles. The van der Waals surface area contributed by atoms with Crippen molar-refractivity contribution >= 4 is 33.2 Å². The molecule has 1 amide bonds. The van der Waals surface area contributed by atoms with Crippen LogP contribution in [0.4, 0.5) is 0 Å². The minimum Gasteiger partial charge on any atom is -0.419 e. The van der Waals surface area contributed by atoms with E-state index in [1.807, 2.05) is 12.1 Å². The zero-order valence-corrected chi connectivity index (χ0v) is 13.7. The number of amides is 1. The fraction of sp³-hybridized carbons (Fsp3) is 0.462. The van der Waals surface area contributed by atoms with Crippen molar-refractivity contribution in [2.75, 3.05) is 13.1 Å². The molecule has 0 radical (unpaired) electrons. The molecule has 2 aromatic rings. The molecular formula is C13H15BrN4O2S. The number of nitrogens with zero attached hydrogens (tertiary/aromatic N) is 3. The molecule has 0 saturated carbocycles. The van der Waals surface area contributed by atoms with Crippen LogP contribution >= 0.6 is 27.3 Å². The summed E-state index contributed by atoms with van der Waals surface area (Å²) in [5.41, 5.74) is 5.39. The zero-order chi connectivity index (χ0) is 14.8. The van der Waals surface area contributed by atoms with E-state index >= 15 is 0 Å². The van der Waals surface area contributed by atoms with E-state index in [9.17, 15) is 4.79 Å². The number of thiophene rings is 1. The van der Waals surface area contributed by atoms with Gasteiger partial charge < -0.3 is 10.2 Å². The first-order valence-corrected chi connectivity index (χ1v) is 8.32. The quantitative estimate of drug-likeness (QED) is 0.891. The van der Waals surface area contributed by atoms with Crippen molar-refractivity contribution in [2.45, 2.75) is 19.4 Å². The van der Waals surface area contributed by atoms with E-state index in [1.54, 1.807) is 11.3 Å². The summed E-state index contributed by atoms with van der Waals surface area (Å²) >= 11 is 4.96. The lowest BCUT2D eigenvalue weighted by Crippen LogP contribution is -2.40. The molecule has 1 fully saturated rings. The van der Waals surface area contributed by atoms with E-state index in [0.29, 0.717) is 24.9 Å². The Hall–Kier alpha value is -1.25. The number of hydrogen-bond donors (Lipinski definition) is 1. The van der Waals surface area contributed by atoms with Crippen LogP contribution in [0.1, 0.15) is 18.7 Å². The Labute approximate surface area is 134 Å². The largest absolute Gasteiger partial charge is 0.419 e. The number of hydrogen-bond acceptors (Lipinski definition) is 6. The summed E-state index contributed by atoms with van der Waals surface area (Å²) in [4.78, 5) is 14.4. The number of carbonyl (C=O) groups is 1. The van der Waals surface area contributed by atoms with Crippen LogP contribution in [-0.2, 0) is 11.3 Å². The molecule has 0 bridgehead atoms. The van der Waals surface area contributed by atoms with E-state index in [-0.39, 0.29) is 11.8 Å². The van der Waals surface area contributed by atoms with Crippen LogP contribution in [0, 0.1) is 5.92 Å². The molecule has 0 aliphatic carbocycles. The van der Waals surface area contributed by atoms with Gasteiger partial charge in [-0.15, -0.1) is 21.5 Å². The monoisotopic (exact) mass is 370 g/mol.